The molecule has 7 nitrogen and oxygen atoms in total. The molecule has 5 rings (SSSR count). The van der Waals surface area contributed by atoms with Crippen LogP contribution in [0.25, 0.3) is 16.0 Å². The van der Waals surface area contributed by atoms with Crippen LogP contribution < -0.4 is 14.4 Å². The maximum absolute atomic E-state index is 13.5. The molecule has 0 aliphatic carbocycles. The number of fused-ring (bicyclic) bond motifs is 1. The molecule has 8 heteroatoms. The van der Waals surface area contributed by atoms with Crippen LogP contribution in [0, 0.1) is 0 Å². The van der Waals surface area contributed by atoms with Gasteiger partial charge in [-0.05, 0) is 49.2 Å². The summed E-state index contributed by atoms with van der Waals surface area (Å²) in [5.74, 6) is -0.396. The highest BCUT2D eigenvalue weighted by atomic mass is 32.1. The number of aliphatic hydroxyl groups excluding tert-OH is 1. The van der Waals surface area contributed by atoms with Crippen LogP contribution in [0.3, 0.4) is 0 Å². The number of thiazole rings is 1. The van der Waals surface area contributed by atoms with E-state index in [-0.39, 0.29) is 11.3 Å². The molecule has 194 valence electrons. The molecule has 38 heavy (non-hydrogen) atoms. The number of benzene rings is 3. The number of ether oxygens (including phenoxy) is 2. The van der Waals surface area contributed by atoms with Gasteiger partial charge in [-0.2, -0.15) is 0 Å². The zero-order chi connectivity index (χ0) is 26.6. The Kier molecular flexibility index (Phi) is 7.42. The normalized spacial score (nSPS) is 16.8. The standard InChI is InChI=1S/C30H28N2O5S/c1-3-5-16-37-21-13-9-12-20(17-21)26-25(27(33)19-10-7-6-8-11-19)28(34)29(35)32(26)30-31-23-15-14-22(36-4-2)18-24(23)38-30/h6-15,17-18,26,33H,3-5,16H2,1-2H3. The molecule has 0 saturated carbocycles. The molecule has 0 spiro atoms. The summed E-state index contributed by atoms with van der Waals surface area (Å²) < 4.78 is 12.4. The average Bonchev–Trinajstić information content (AvgIpc) is 3.47. The first-order chi connectivity index (χ1) is 18.5. The van der Waals surface area contributed by atoms with Crippen molar-refractivity contribution >= 4 is 44.1 Å². The van der Waals surface area contributed by atoms with Gasteiger partial charge in [0.15, 0.2) is 5.13 Å². The fourth-order valence-electron chi connectivity index (χ4n) is 4.46. The van der Waals surface area contributed by atoms with Crippen molar-refractivity contribution in [2.45, 2.75) is 32.7 Å². The Morgan fingerprint density at radius 2 is 1.76 bits per heavy atom. The minimum Gasteiger partial charge on any atom is -0.507 e. The molecular formula is C30H28N2O5S. The van der Waals surface area contributed by atoms with E-state index in [1.54, 1.807) is 24.3 Å². The van der Waals surface area contributed by atoms with Gasteiger partial charge in [-0.1, -0.05) is 67.1 Å². The van der Waals surface area contributed by atoms with E-state index in [1.165, 1.54) is 16.2 Å². The fourth-order valence-corrected chi connectivity index (χ4v) is 5.48. The predicted molar refractivity (Wildman–Crippen MR) is 149 cm³/mol. The number of aromatic nitrogens is 1. The van der Waals surface area contributed by atoms with Crippen molar-refractivity contribution in [1.29, 1.82) is 0 Å². The highest BCUT2D eigenvalue weighted by molar-refractivity contribution is 7.22. The second-order valence-electron chi connectivity index (χ2n) is 8.87. The van der Waals surface area contributed by atoms with Crippen LogP contribution in [0.4, 0.5) is 5.13 Å². The number of carbonyl (C=O) groups excluding carboxylic acids is 2. The van der Waals surface area contributed by atoms with Gasteiger partial charge in [0, 0.05) is 5.56 Å². The molecule has 4 aromatic rings. The van der Waals surface area contributed by atoms with Crippen molar-refractivity contribution in [2.75, 3.05) is 18.1 Å². The number of aliphatic hydroxyl groups is 1. The topological polar surface area (TPSA) is 89.0 Å². The molecule has 2 heterocycles. The SMILES string of the molecule is CCCCOc1cccc(C2C(=C(O)c3ccccc3)C(=O)C(=O)N2c2nc3ccc(OCC)cc3s2)c1. The Labute approximate surface area is 225 Å². The van der Waals surface area contributed by atoms with Gasteiger partial charge in [-0.25, -0.2) is 4.98 Å². The molecule has 1 aliphatic heterocycles. The molecule has 0 radical (unpaired) electrons. The zero-order valence-electron chi connectivity index (χ0n) is 21.2. The third-order valence-corrected chi connectivity index (χ3v) is 7.32. The predicted octanol–water partition coefficient (Wildman–Crippen LogP) is 6.50. The van der Waals surface area contributed by atoms with Gasteiger partial charge in [0.2, 0.25) is 0 Å². The lowest BCUT2D eigenvalue weighted by Crippen LogP contribution is -2.29. The van der Waals surface area contributed by atoms with Crippen molar-refractivity contribution in [1.82, 2.24) is 4.98 Å². The zero-order valence-corrected chi connectivity index (χ0v) is 22.0. The first-order valence-corrected chi connectivity index (χ1v) is 13.5. The minimum absolute atomic E-state index is 0.0150. The summed E-state index contributed by atoms with van der Waals surface area (Å²) >= 11 is 1.30. The van der Waals surface area contributed by atoms with E-state index in [0.717, 1.165) is 17.5 Å². The van der Waals surface area contributed by atoms with E-state index in [2.05, 4.69) is 11.9 Å². The van der Waals surface area contributed by atoms with E-state index < -0.39 is 17.7 Å². The van der Waals surface area contributed by atoms with Crippen molar-refractivity contribution in [3.8, 4) is 11.5 Å². The minimum atomic E-state index is -0.878. The molecule has 1 atom stereocenters. The summed E-state index contributed by atoms with van der Waals surface area (Å²) in [6.07, 6.45) is 1.91. The Bertz CT molecular complexity index is 1510. The lowest BCUT2D eigenvalue weighted by molar-refractivity contribution is -0.132. The highest BCUT2D eigenvalue weighted by Gasteiger charge is 2.48. The van der Waals surface area contributed by atoms with Crippen molar-refractivity contribution in [2.24, 2.45) is 0 Å². The summed E-state index contributed by atoms with van der Waals surface area (Å²) in [4.78, 5) is 33.0. The number of hydrogen-bond donors (Lipinski definition) is 1. The second-order valence-corrected chi connectivity index (χ2v) is 9.88. The van der Waals surface area contributed by atoms with Crippen LogP contribution in [-0.2, 0) is 9.59 Å². The van der Waals surface area contributed by atoms with Crippen LogP contribution in [0.2, 0.25) is 0 Å². The van der Waals surface area contributed by atoms with Crippen LogP contribution in [-0.4, -0.2) is 35.0 Å². The van der Waals surface area contributed by atoms with Gasteiger partial charge in [-0.3, -0.25) is 14.5 Å². The number of Topliss-reactive ketones (excluding diaryl/α,β-unsaturated/α-hetero) is 1. The molecule has 0 bridgehead atoms. The Morgan fingerprint density at radius 1 is 0.974 bits per heavy atom. The van der Waals surface area contributed by atoms with E-state index in [4.69, 9.17) is 9.47 Å². The number of rotatable bonds is 9. The number of anilines is 1. The molecule has 1 amide bonds. The quantitative estimate of drug-likeness (QED) is 0.115. The summed E-state index contributed by atoms with van der Waals surface area (Å²) in [5.41, 5.74) is 1.80. The highest BCUT2D eigenvalue weighted by Crippen LogP contribution is 2.45. The second kappa shape index (κ2) is 11.1. The number of ketones is 1. The monoisotopic (exact) mass is 528 g/mol. The number of unbranched alkanes of at least 4 members (excludes halogenated alkanes) is 1. The van der Waals surface area contributed by atoms with Crippen LogP contribution in [0.15, 0.2) is 78.4 Å². The molecule has 1 saturated heterocycles. The van der Waals surface area contributed by atoms with Gasteiger partial charge in [0.1, 0.15) is 17.3 Å². The number of nitrogens with zero attached hydrogens (tertiary/aromatic N) is 2. The van der Waals surface area contributed by atoms with Gasteiger partial charge in [0.05, 0.1) is 35.0 Å². The van der Waals surface area contributed by atoms with Gasteiger partial charge in [0.25, 0.3) is 5.78 Å². The first-order valence-electron chi connectivity index (χ1n) is 12.6. The van der Waals surface area contributed by atoms with E-state index >= 15 is 0 Å². The van der Waals surface area contributed by atoms with Crippen LogP contribution >= 0.6 is 11.3 Å². The fraction of sp³-hybridized carbons (Fsp3) is 0.233. The molecule has 1 fully saturated rings. The summed E-state index contributed by atoms with van der Waals surface area (Å²) in [6, 6.07) is 20.7. The summed E-state index contributed by atoms with van der Waals surface area (Å²) in [5, 5.41) is 11.7. The van der Waals surface area contributed by atoms with Gasteiger partial charge >= 0.3 is 5.91 Å². The number of carbonyl (C=O) groups is 2. The lowest BCUT2D eigenvalue weighted by atomic mass is 9.95. The van der Waals surface area contributed by atoms with E-state index in [0.29, 0.717) is 46.5 Å². The molecule has 3 aromatic carbocycles. The molecule has 1 N–H and O–H groups in total. The average molecular weight is 529 g/mol. The van der Waals surface area contributed by atoms with Crippen molar-refractivity contribution in [3.05, 3.63) is 89.5 Å². The summed E-state index contributed by atoms with van der Waals surface area (Å²) in [6.45, 7) is 5.09. The van der Waals surface area contributed by atoms with Gasteiger partial charge in [-0.15, -0.1) is 0 Å². The third kappa shape index (κ3) is 4.87. The molecule has 1 unspecified atom stereocenters. The van der Waals surface area contributed by atoms with Crippen molar-refractivity contribution < 1.29 is 24.2 Å². The maximum Gasteiger partial charge on any atom is 0.301 e. The summed E-state index contributed by atoms with van der Waals surface area (Å²) in [7, 11) is 0. The first kappa shape index (κ1) is 25.5. The Morgan fingerprint density at radius 3 is 2.53 bits per heavy atom. The Balaban J connectivity index is 1.65. The van der Waals surface area contributed by atoms with E-state index in [1.807, 2.05) is 55.5 Å². The maximum atomic E-state index is 13.5. The van der Waals surface area contributed by atoms with Crippen LogP contribution in [0.1, 0.15) is 43.9 Å². The smallest absolute Gasteiger partial charge is 0.301 e. The molecule has 1 aliphatic rings. The number of hydrogen-bond acceptors (Lipinski definition) is 7. The molecular weight excluding hydrogens is 500 g/mol. The Hall–Kier alpha value is -4.17. The van der Waals surface area contributed by atoms with Crippen molar-refractivity contribution in [3.63, 3.8) is 0 Å². The largest absolute Gasteiger partial charge is 0.507 e. The van der Waals surface area contributed by atoms with Crippen LogP contribution in [0.5, 0.6) is 11.5 Å². The van der Waals surface area contributed by atoms with Gasteiger partial charge < -0.3 is 14.6 Å². The lowest BCUT2D eigenvalue weighted by Gasteiger charge is -2.23. The number of amides is 1. The molecule has 1 aromatic heterocycles. The van der Waals surface area contributed by atoms with E-state index in [9.17, 15) is 14.7 Å². The third-order valence-electron chi connectivity index (χ3n) is 6.30.